The SMILES string of the molecule is Cc1ccc(CNC(=O)N2CCC[C@]3(CCN(Cc4ccc(Cl)c(Cl)c4)C3)C2)cc1. The molecule has 2 aliphatic heterocycles. The van der Waals surface area contributed by atoms with Crippen molar-refractivity contribution in [2.75, 3.05) is 26.2 Å². The number of nitrogens with one attached hydrogen (secondary N) is 1. The molecule has 4 nitrogen and oxygen atoms in total. The number of carbonyl (C=O) groups excluding carboxylic acids is 1. The molecule has 2 saturated heterocycles. The molecule has 4 rings (SSSR count). The van der Waals surface area contributed by atoms with Crippen molar-refractivity contribution in [2.24, 2.45) is 5.41 Å². The van der Waals surface area contributed by atoms with Crippen LogP contribution in [0.15, 0.2) is 42.5 Å². The first kappa shape index (κ1) is 21.5. The van der Waals surface area contributed by atoms with Crippen molar-refractivity contribution in [1.82, 2.24) is 15.1 Å². The Bertz CT molecular complexity index is 902. The maximum atomic E-state index is 12.8. The maximum Gasteiger partial charge on any atom is 0.317 e. The van der Waals surface area contributed by atoms with E-state index in [1.165, 1.54) is 17.5 Å². The van der Waals surface area contributed by atoms with Gasteiger partial charge in [-0.1, -0.05) is 59.1 Å². The average molecular weight is 446 g/mol. The van der Waals surface area contributed by atoms with Gasteiger partial charge in [-0.05, 0) is 56.0 Å². The lowest BCUT2D eigenvalue weighted by Gasteiger charge is -2.40. The molecule has 0 aliphatic carbocycles. The lowest BCUT2D eigenvalue weighted by Crippen LogP contribution is -2.50. The summed E-state index contributed by atoms with van der Waals surface area (Å²) in [6.07, 6.45) is 3.39. The molecule has 1 atom stereocenters. The molecule has 0 saturated carbocycles. The Hall–Kier alpha value is -1.75. The van der Waals surface area contributed by atoms with E-state index >= 15 is 0 Å². The standard InChI is InChI=1S/C24H29Cl2N3O/c1-18-3-5-19(6-4-18)14-27-23(30)29-11-2-9-24(17-29)10-12-28(16-24)15-20-7-8-21(25)22(26)13-20/h3-8,13H,2,9-12,14-17H2,1H3,(H,27,30)/t24-/m1/s1. The van der Waals surface area contributed by atoms with E-state index in [0.717, 1.165) is 51.1 Å². The first-order valence-electron chi connectivity index (χ1n) is 10.7. The van der Waals surface area contributed by atoms with Gasteiger partial charge in [-0.2, -0.15) is 0 Å². The highest BCUT2D eigenvalue weighted by Crippen LogP contribution is 2.39. The van der Waals surface area contributed by atoms with Crippen molar-refractivity contribution < 1.29 is 4.79 Å². The minimum Gasteiger partial charge on any atom is -0.334 e. The third-order valence-corrected chi connectivity index (χ3v) is 7.16. The van der Waals surface area contributed by atoms with Crippen molar-refractivity contribution in [3.05, 3.63) is 69.2 Å². The average Bonchev–Trinajstić information content (AvgIpc) is 3.11. The second kappa shape index (κ2) is 9.17. The van der Waals surface area contributed by atoms with Gasteiger partial charge in [-0.3, -0.25) is 4.90 Å². The highest BCUT2D eigenvalue weighted by Gasteiger charge is 2.42. The number of hydrogen-bond donors (Lipinski definition) is 1. The summed E-state index contributed by atoms with van der Waals surface area (Å²) < 4.78 is 0. The Balaban J connectivity index is 1.32. The summed E-state index contributed by atoms with van der Waals surface area (Å²) in [7, 11) is 0. The lowest BCUT2D eigenvalue weighted by molar-refractivity contribution is 0.107. The first-order valence-corrected chi connectivity index (χ1v) is 11.4. The number of benzene rings is 2. The van der Waals surface area contributed by atoms with Gasteiger partial charge in [0, 0.05) is 38.1 Å². The molecule has 1 spiro atoms. The number of halogens is 2. The number of amides is 2. The van der Waals surface area contributed by atoms with Crippen LogP contribution in [-0.4, -0.2) is 42.0 Å². The summed E-state index contributed by atoms with van der Waals surface area (Å²) in [6.45, 7) is 7.28. The fraction of sp³-hybridized carbons (Fsp3) is 0.458. The van der Waals surface area contributed by atoms with Crippen LogP contribution in [0.4, 0.5) is 4.79 Å². The van der Waals surface area contributed by atoms with E-state index in [-0.39, 0.29) is 11.4 Å². The fourth-order valence-corrected chi connectivity index (χ4v) is 5.09. The van der Waals surface area contributed by atoms with E-state index in [1.54, 1.807) is 0 Å². The van der Waals surface area contributed by atoms with Gasteiger partial charge in [-0.25, -0.2) is 4.79 Å². The van der Waals surface area contributed by atoms with Crippen LogP contribution in [0.1, 0.15) is 36.0 Å². The molecule has 2 amide bonds. The maximum absolute atomic E-state index is 12.8. The second-order valence-electron chi connectivity index (χ2n) is 8.88. The summed E-state index contributed by atoms with van der Waals surface area (Å²) in [5.74, 6) is 0. The van der Waals surface area contributed by atoms with Crippen LogP contribution in [0, 0.1) is 12.3 Å². The summed E-state index contributed by atoms with van der Waals surface area (Å²) in [5.41, 5.74) is 3.75. The highest BCUT2D eigenvalue weighted by molar-refractivity contribution is 6.42. The number of nitrogens with zero attached hydrogens (tertiary/aromatic N) is 2. The number of carbonyl (C=O) groups is 1. The molecule has 2 heterocycles. The van der Waals surface area contributed by atoms with Crippen LogP contribution in [0.3, 0.4) is 0 Å². The van der Waals surface area contributed by atoms with E-state index in [4.69, 9.17) is 23.2 Å². The summed E-state index contributed by atoms with van der Waals surface area (Å²) in [5, 5.41) is 4.31. The van der Waals surface area contributed by atoms with Gasteiger partial charge >= 0.3 is 6.03 Å². The third kappa shape index (κ3) is 5.11. The predicted octanol–water partition coefficient (Wildman–Crippen LogP) is 5.50. The zero-order valence-electron chi connectivity index (χ0n) is 17.5. The van der Waals surface area contributed by atoms with Crippen molar-refractivity contribution >= 4 is 29.2 Å². The molecule has 0 unspecified atom stereocenters. The zero-order valence-corrected chi connectivity index (χ0v) is 19.0. The number of aryl methyl sites for hydroxylation is 1. The number of hydrogen-bond acceptors (Lipinski definition) is 2. The van der Waals surface area contributed by atoms with Gasteiger partial charge in [0.2, 0.25) is 0 Å². The van der Waals surface area contributed by atoms with Gasteiger partial charge in [-0.15, -0.1) is 0 Å². The normalized spacial score (nSPS) is 21.9. The topological polar surface area (TPSA) is 35.6 Å². The molecular formula is C24H29Cl2N3O. The van der Waals surface area contributed by atoms with Crippen molar-refractivity contribution in [1.29, 1.82) is 0 Å². The van der Waals surface area contributed by atoms with Crippen molar-refractivity contribution in [3.63, 3.8) is 0 Å². The Morgan fingerprint density at radius 1 is 1.00 bits per heavy atom. The molecule has 2 aliphatic rings. The Morgan fingerprint density at radius 3 is 2.53 bits per heavy atom. The van der Waals surface area contributed by atoms with Crippen LogP contribution >= 0.6 is 23.2 Å². The third-order valence-electron chi connectivity index (χ3n) is 6.42. The largest absolute Gasteiger partial charge is 0.334 e. The Labute approximate surface area is 189 Å². The number of rotatable bonds is 4. The van der Waals surface area contributed by atoms with Crippen molar-refractivity contribution in [2.45, 2.75) is 39.3 Å². The number of piperidine rings is 1. The Kier molecular flexibility index (Phi) is 6.57. The first-order chi connectivity index (χ1) is 14.4. The van der Waals surface area contributed by atoms with Gasteiger partial charge in [0.1, 0.15) is 0 Å². The monoisotopic (exact) mass is 445 g/mol. The molecule has 2 fully saturated rings. The van der Waals surface area contributed by atoms with Crippen LogP contribution in [0.25, 0.3) is 0 Å². The van der Waals surface area contributed by atoms with Gasteiger partial charge in [0.05, 0.1) is 10.0 Å². The van der Waals surface area contributed by atoms with E-state index in [1.807, 2.05) is 23.1 Å². The fourth-order valence-electron chi connectivity index (χ4n) is 4.77. The number of urea groups is 1. The summed E-state index contributed by atoms with van der Waals surface area (Å²) in [4.78, 5) is 17.3. The molecule has 0 bridgehead atoms. The molecule has 1 N–H and O–H groups in total. The number of likely N-dealkylation sites (tertiary alicyclic amines) is 2. The Morgan fingerprint density at radius 2 is 1.77 bits per heavy atom. The van der Waals surface area contributed by atoms with Crippen molar-refractivity contribution in [3.8, 4) is 0 Å². The van der Waals surface area contributed by atoms with Gasteiger partial charge in [0.15, 0.2) is 0 Å². The highest BCUT2D eigenvalue weighted by atomic mass is 35.5. The van der Waals surface area contributed by atoms with E-state index in [2.05, 4.69) is 41.4 Å². The van der Waals surface area contributed by atoms with Crippen LogP contribution in [0.2, 0.25) is 10.0 Å². The van der Waals surface area contributed by atoms with E-state index < -0.39 is 0 Å². The minimum atomic E-state index is 0.0533. The lowest BCUT2D eigenvalue weighted by atomic mass is 9.79. The smallest absolute Gasteiger partial charge is 0.317 e. The molecule has 2 aromatic rings. The molecular weight excluding hydrogens is 417 g/mol. The minimum absolute atomic E-state index is 0.0533. The quantitative estimate of drug-likeness (QED) is 0.673. The molecule has 30 heavy (non-hydrogen) atoms. The molecule has 2 aromatic carbocycles. The van der Waals surface area contributed by atoms with Crippen LogP contribution in [-0.2, 0) is 13.1 Å². The van der Waals surface area contributed by atoms with Gasteiger partial charge in [0.25, 0.3) is 0 Å². The molecule has 6 heteroatoms. The molecule has 0 aromatic heterocycles. The second-order valence-corrected chi connectivity index (χ2v) is 9.69. The predicted molar refractivity (Wildman–Crippen MR) is 123 cm³/mol. The van der Waals surface area contributed by atoms with Crippen LogP contribution < -0.4 is 5.32 Å². The van der Waals surface area contributed by atoms with Crippen LogP contribution in [0.5, 0.6) is 0 Å². The molecule has 0 radical (unpaired) electrons. The summed E-state index contributed by atoms with van der Waals surface area (Å²) >= 11 is 12.2. The molecule has 160 valence electrons. The summed E-state index contributed by atoms with van der Waals surface area (Å²) in [6, 6.07) is 14.2. The van der Waals surface area contributed by atoms with E-state index in [9.17, 15) is 4.79 Å². The van der Waals surface area contributed by atoms with E-state index in [0.29, 0.717) is 16.6 Å². The van der Waals surface area contributed by atoms with Gasteiger partial charge < -0.3 is 10.2 Å². The zero-order chi connectivity index (χ0) is 21.1.